The van der Waals surface area contributed by atoms with Crippen molar-refractivity contribution < 1.29 is 23.9 Å². The molecule has 2 fully saturated rings. The monoisotopic (exact) mass is 510 g/mol. The minimum atomic E-state index is -0.697. The molecule has 36 heavy (non-hydrogen) atoms. The Balaban J connectivity index is 1.44. The van der Waals surface area contributed by atoms with Crippen molar-refractivity contribution in [3.63, 3.8) is 0 Å². The summed E-state index contributed by atoms with van der Waals surface area (Å²) in [7, 11) is 1.31. The highest BCUT2D eigenvalue weighted by Gasteiger charge is 2.43. The van der Waals surface area contributed by atoms with Crippen LogP contribution in [-0.2, 0) is 19.1 Å². The Bertz CT molecular complexity index is 1090. The first-order chi connectivity index (χ1) is 17.5. The molecule has 1 N–H and O–H groups in total. The molecule has 190 valence electrons. The average Bonchev–Trinajstić information content (AvgIpc) is 3.13. The fraction of sp³-hybridized carbons (Fsp3) is 0.385. The standard InChI is InChI=1S/C26H30N4O5S/c1-34-25(33)19-8-10-20(11-9-19)27-23(31)18-22-24(32)30(21-6-3-2-4-7-21)26(36)29(22)13-5-12-28-14-16-35-17-15-28/h2-4,6-11,22H,5,12-18H2,1H3,(H,27,31)/t22-/m0/s1. The summed E-state index contributed by atoms with van der Waals surface area (Å²) in [4.78, 5) is 43.8. The van der Waals surface area contributed by atoms with Crippen LogP contribution in [0.2, 0.25) is 0 Å². The molecule has 0 saturated carbocycles. The number of ether oxygens (including phenoxy) is 2. The summed E-state index contributed by atoms with van der Waals surface area (Å²) in [6.45, 7) is 4.67. The number of carbonyl (C=O) groups is 3. The second-order valence-corrected chi connectivity index (χ2v) is 8.99. The molecule has 2 aliphatic heterocycles. The predicted octanol–water partition coefficient (Wildman–Crippen LogP) is 2.53. The van der Waals surface area contributed by atoms with Crippen LogP contribution in [0.5, 0.6) is 0 Å². The number of nitrogens with zero attached hydrogens (tertiary/aromatic N) is 3. The number of anilines is 2. The van der Waals surface area contributed by atoms with Gasteiger partial charge in [0, 0.05) is 31.9 Å². The minimum Gasteiger partial charge on any atom is -0.465 e. The average molecular weight is 511 g/mol. The van der Waals surface area contributed by atoms with Crippen LogP contribution in [0.15, 0.2) is 54.6 Å². The third kappa shape index (κ3) is 6.07. The molecule has 10 heteroatoms. The number of rotatable bonds is 9. The van der Waals surface area contributed by atoms with Gasteiger partial charge in [-0.3, -0.25) is 19.4 Å². The number of amides is 2. The number of para-hydroxylation sites is 1. The number of hydrogen-bond acceptors (Lipinski definition) is 7. The molecule has 0 aromatic heterocycles. The molecular formula is C26H30N4O5S. The van der Waals surface area contributed by atoms with Gasteiger partial charge in [-0.05, 0) is 55.0 Å². The Morgan fingerprint density at radius 2 is 1.75 bits per heavy atom. The summed E-state index contributed by atoms with van der Waals surface area (Å²) in [5, 5.41) is 3.23. The van der Waals surface area contributed by atoms with Crippen LogP contribution in [-0.4, -0.2) is 85.2 Å². The van der Waals surface area contributed by atoms with E-state index in [4.69, 9.17) is 21.7 Å². The zero-order chi connectivity index (χ0) is 25.5. The van der Waals surface area contributed by atoms with Gasteiger partial charge in [-0.15, -0.1) is 0 Å². The maximum absolute atomic E-state index is 13.5. The minimum absolute atomic E-state index is 0.0430. The first kappa shape index (κ1) is 25.7. The van der Waals surface area contributed by atoms with Crippen molar-refractivity contribution in [1.29, 1.82) is 0 Å². The van der Waals surface area contributed by atoms with Gasteiger partial charge in [-0.2, -0.15) is 0 Å². The molecule has 0 spiro atoms. The molecule has 0 bridgehead atoms. The van der Waals surface area contributed by atoms with Crippen LogP contribution < -0.4 is 10.2 Å². The van der Waals surface area contributed by atoms with E-state index in [1.807, 2.05) is 35.2 Å². The predicted molar refractivity (Wildman–Crippen MR) is 140 cm³/mol. The van der Waals surface area contributed by atoms with E-state index in [1.54, 1.807) is 24.3 Å². The topological polar surface area (TPSA) is 91.4 Å². The first-order valence-electron chi connectivity index (χ1n) is 12.0. The van der Waals surface area contributed by atoms with Crippen molar-refractivity contribution in [3.05, 3.63) is 60.2 Å². The normalized spacial score (nSPS) is 18.4. The number of benzene rings is 2. The summed E-state index contributed by atoms with van der Waals surface area (Å²) in [5.74, 6) is -0.976. The summed E-state index contributed by atoms with van der Waals surface area (Å²) in [6, 6.07) is 15.0. The molecule has 1 atom stereocenters. The van der Waals surface area contributed by atoms with Crippen molar-refractivity contribution in [3.8, 4) is 0 Å². The van der Waals surface area contributed by atoms with Gasteiger partial charge in [0.25, 0.3) is 5.91 Å². The largest absolute Gasteiger partial charge is 0.465 e. The van der Waals surface area contributed by atoms with Crippen LogP contribution >= 0.6 is 12.2 Å². The van der Waals surface area contributed by atoms with Gasteiger partial charge in [0.1, 0.15) is 6.04 Å². The highest BCUT2D eigenvalue weighted by Crippen LogP contribution is 2.27. The molecule has 0 radical (unpaired) electrons. The molecule has 2 aromatic carbocycles. The van der Waals surface area contributed by atoms with E-state index in [0.717, 1.165) is 39.3 Å². The third-order valence-corrected chi connectivity index (χ3v) is 6.70. The summed E-state index contributed by atoms with van der Waals surface area (Å²) < 4.78 is 10.1. The fourth-order valence-electron chi connectivity index (χ4n) is 4.39. The molecule has 0 unspecified atom stereocenters. The molecule has 2 saturated heterocycles. The molecular weight excluding hydrogens is 480 g/mol. The summed E-state index contributed by atoms with van der Waals surface area (Å²) in [5.41, 5.74) is 1.60. The molecule has 9 nitrogen and oxygen atoms in total. The molecule has 0 aliphatic carbocycles. The van der Waals surface area contributed by atoms with Crippen LogP contribution in [0.25, 0.3) is 0 Å². The maximum Gasteiger partial charge on any atom is 0.337 e. The van der Waals surface area contributed by atoms with Gasteiger partial charge in [0.05, 0.1) is 38.0 Å². The molecule has 2 amide bonds. The van der Waals surface area contributed by atoms with E-state index >= 15 is 0 Å². The lowest BCUT2D eigenvalue weighted by Gasteiger charge is -2.28. The van der Waals surface area contributed by atoms with E-state index in [2.05, 4.69) is 10.2 Å². The van der Waals surface area contributed by atoms with Gasteiger partial charge in [0.15, 0.2) is 5.11 Å². The van der Waals surface area contributed by atoms with Gasteiger partial charge < -0.3 is 19.7 Å². The number of carbonyl (C=O) groups excluding carboxylic acids is 3. The first-order valence-corrected chi connectivity index (χ1v) is 12.4. The second kappa shape index (κ2) is 12.1. The summed E-state index contributed by atoms with van der Waals surface area (Å²) in [6.07, 6.45) is 0.766. The van der Waals surface area contributed by atoms with Crippen LogP contribution in [0.4, 0.5) is 11.4 Å². The third-order valence-electron chi connectivity index (χ3n) is 6.28. The lowest BCUT2D eigenvalue weighted by atomic mass is 10.1. The van der Waals surface area contributed by atoms with Crippen LogP contribution in [0.1, 0.15) is 23.2 Å². The molecule has 2 heterocycles. The van der Waals surface area contributed by atoms with Gasteiger partial charge in [-0.1, -0.05) is 18.2 Å². The van der Waals surface area contributed by atoms with Gasteiger partial charge in [0.2, 0.25) is 5.91 Å². The van der Waals surface area contributed by atoms with E-state index in [1.165, 1.54) is 12.0 Å². The van der Waals surface area contributed by atoms with Crippen molar-refractivity contribution in [2.24, 2.45) is 0 Å². The highest BCUT2D eigenvalue weighted by atomic mass is 32.1. The number of methoxy groups -OCH3 is 1. The van der Waals surface area contributed by atoms with Crippen molar-refractivity contribution in [2.75, 3.05) is 56.7 Å². The van der Waals surface area contributed by atoms with Crippen molar-refractivity contribution in [2.45, 2.75) is 18.9 Å². The van der Waals surface area contributed by atoms with E-state index in [9.17, 15) is 14.4 Å². The van der Waals surface area contributed by atoms with Gasteiger partial charge >= 0.3 is 5.97 Å². The Kier molecular flexibility index (Phi) is 8.63. The second-order valence-electron chi connectivity index (χ2n) is 8.63. The zero-order valence-corrected chi connectivity index (χ0v) is 21.0. The Hall–Kier alpha value is -3.34. The number of morpholine rings is 1. The molecule has 4 rings (SSSR count). The Morgan fingerprint density at radius 3 is 2.42 bits per heavy atom. The fourth-order valence-corrected chi connectivity index (χ4v) is 4.80. The SMILES string of the molecule is COC(=O)c1ccc(NC(=O)C[C@H]2C(=O)N(c3ccccc3)C(=S)N2CCCN2CCOCC2)cc1. The van der Waals surface area contributed by atoms with Gasteiger partial charge in [-0.25, -0.2) is 4.79 Å². The maximum atomic E-state index is 13.5. The number of esters is 1. The van der Waals surface area contributed by atoms with E-state index in [-0.39, 0.29) is 18.2 Å². The summed E-state index contributed by atoms with van der Waals surface area (Å²) >= 11 is 5.72. The van der Waals surface area contributed by atoms with Crippen LogP contribution in [0, 0.1) is 0 Å². The lowest BCUT2D eigenvalue weighted by molar-refractivity contribution is -0.124. The quantitative estimate of drug-likeness (QED) is 0.407. The smallest absolute Gasteiger partial charge is 0.337 e. The lowest BCUT2D eigenvalue weighted by Crippen LogP contribution is -2.41. The van der Waals surface area contributed by atoms with Crippen LogP contribution in [0.3, 0.4) is 0 Å². The highest BCUT2D eigenvalue weighted by molar-refractivity contribution is 7.80. The van der Waals surface area contributed by atoms with Crippen molar-refractivity contribution >= 4 is 46.5 Å². The van der Waals surface area contributed by atoms with E-state index < -0.39 is 12.0 Å². The van der Waals surface area contributed by atoms with E-state index in [0.29, 0.717) is 28.6 Å². The Morgan fingerprint density at radius 1 is 1.06 bits per heavy atom. The number of thiocarbonyl (C=S) groups is 1. The molecule has 2 aromatic rings. The number of nitrogens with one attached hydrogen (secondary N) is 1. The molecule has 2 aliphatic rings. The zero-order valence-electron chi connectivity index (χ0n) is 20.2. The Labute approximate surface area is 215 Å². The van der Waals surface area contributed by atoms with Crippen molar-refractivity contribution in [1.82, 2.24) is 9.80 Å². The number of hydrogen-bond donors (Lipinski definition) is 1.